The Morgan fingerprint density at radius 3 is 1.69 bits per heavy atom. The van der Waals surface area contributed by atoms with Crippen molar-refractivity contribution in [2.75, 3.05) is 0 Å². The summed E-state index contributed by atoms with van der Waals surface area (Å²) in [5.74, 6) is 0. The van der Waals surface area contributed by atoms with Gasteiger partial charge in [-0.05, 0) is 0 Å². The number of nitrogens with zero attached hydrogens (tertiary/aromatic N) is 4. The van der Waals surface area contributed by atoms with Crippen LogP contribution in [0, 0.1) is 0 Å². The van der Waals surface area contributed by atoms with Gasteiger partial charge in [0.2, 0.25) is 0 Å². The Hall–Kier alpha value is -0.257. The Morgan fingerprint density at radius 2 is 1.38 bits per heavy atom. The van der Waals surface area contributed by atoms with Crippen LogP contribution < -0.4 is 31.9 Å². The van der Waals surface area contributed by atoms with Crippen molar-refractivity contribution in [3.05, 3.63) is 12.7 Å². The zero-order chi connectivity index (χ0) is 7.52. The molecular weight excluding hydrogens is 294 g/mol. The summed E-state index contributed by atoms with van der Waals surface area (Å²) < 4.78 is 1.74. The number of hydrogen-bond acceptors (Lipinski definition) is 4. The molecule has 2 aromatic heterocycles. The van der Waals surface area contributed by atoms with Crippen LogP contribution in [-0.2, 0) is 23.2 Å². The van der Waals surface area contributed by atoms with E-state index >= 15 is 0 Å². The average Bonchev–Trinajstić information content (AvgIpc) is 2.60. The van der Waals surface area contributed by atoms with E-state index in [1.54, 1.807) is 12.7 Å². The zero-order valence-corrected chi connectivity index (χ0v) is 10.2. The fraction of sp³-hybridized carbons (Fsp3) is 0. The first-order chi connectivity index (χ1) is 5.45. The van der Waals surface area contributed by atoms with E-state index in [0.717, 1.165) is 7.06 Å². The molecule has 2 N–H and O–H groups in total. The molecule has 0 saturated carbocycles. The van der Waals surface area contributed by atoms with Crippen LogP contribution in [0.25, 0.3) is 0 Å². The van der Waals surface area contributed by atoms with E-state index in [1.165, 1.54) is 0 Å². The molecule has 0 atom stereocenters. The Kier molecular flexibility index (Phi) is 6.11. The van der Waals surface area contributed by atoms with Crippen molar-refractivity contribution in [3.8, 4) is 0 Å². The van der Waals surface area contributed by atoms with Gasteiger partial charge in [0, 0.05) is 0 Å². The fourth-order valence-corrected chi connectivity index (χ4v) is 2.36. The molecule has 6 nitrogen and oxygen atoms in total. The summed E-state index contributed by atoms with van der Waals surface area (Å²) in [5, 5.41) is 13.2. The molecule has 0 aliphatic heterocycles. The average molecular weight is 298 g/mol. The summed E-state index contributed by atoms with van der Waals surface area (Å²) in [5.41, 5.74) is 0. The monoisotopic (exact) mass is 296 g/mol. The second kappa shape index (κ2) is 6.24. The van der Waals surface area contributed by atoms with E-state index in [9.17, 15) is 0 Å². The molecule has 0 spiro atoms. The first-order valence-corrected chi connectivity index (χ1v) is 5.39. The van der Waals surface area contributed by atoms with Crippen molar-refractivity contribution in [2.24, 2.45) is 0 Å². The normalized spacial score (nSPS) is 8.00. The van der Waals surface area contributed by atoms with Crippen LogP contribution in [0.3, 0.4) is 0 Å². The number of nitrogens with one attached hydrogen (secondary N) is 2. The molecule has 0 aliphatic rings. The van der Waals surface area contributed by atoms with Crippen LogP contribution in [0.4, 0.5) is 0 Å². The van der Waals surface area contributed by atoms with Crippen molar-refractivity contribution in [1.29, 1.82) is 0 Å². The van der Waals surface area contributed by atoms with Gasteiger partial charge in [-0.15, -0.1) is 0 Å². The van der Waals surface area contributed by atoms with E-state index in [-0.39, 0.29) is 24.8 Å². The minimum atomic E-state index is -0.930. The first kappa shape index (κ1) is 12.7. The first-order valence-electron chi connectivity index (χ1n) is 2.94. The van der Waals surface area contributed by atoms with Gasteiger partial charge in [-0.2, -0.15) is 0 Å². The molecule has 0 fully saturated rings. The number of halogens is 2. The van der Waals surface area contributed by atoms with Gasteiger partial charge in [-0.25, -0.2) is 0 Å². The SMILES string of the molecule is [Cl-].[Cl-].c1n[c]([Zr+2][c]2nc[nH]n2)n[nH]1. The van der Waals surface area contributed by atoms with E-state index < -0.39 is 23.2 Å². The molecule has 2 heterocycles. The van der Waals surface area contributed by atoms with Gasteiger partial charge in [-0.3, -0.25) is 0 Å². The minimum absolute atomic E-state index is 0. The van der Waals surface area contributed by atoms with Gasteiger partial charge >= 0.3 is 73.3 Å². The van der Waals surface area contributed by atoms with Gasteiger partial charge in [0.25, 0.3) is 0 Å². The quantitative estimate of drug-likeness (QED) is 0.577. The number of aromatic amines is 2. The van der Waals surface area contributed by atoms with Crippen molar-refractivity contribution in [1.82, 2.24) is 30.4 Å². The second-order valence-corrected chi connectivity index (χ2v) is 4.58. The molecular formula is C4H4Cl2N6Zr. The topological polar surface area (TPSA) is 83.1 Å². The van der Waals surface area contributed by atoms with Crippen LogP contribution in [0.1, 0.15) is 0 Å². The summed E-state index contributed by atoms with van der Waals surface area (Å²) in [4.78, 5) is 8.01. The van der Waals surface area contributed by atoms with Crippen LogP contribution in [0.15, 0.2) is 12.7 Å². The Labute approximate surface area is 97.7 Å². The third kappa shape index (κ3) is 3.54. The Bertz CT molecular complexity index is 275. The standard InChI is InChI=1S/2C2H2N3.2ClH.Zr/c2*1-3-2-5-4-1;;;/h2*1H,(H,3,4,5);2*1H;/q;;;;+2/p-2. The number of H-pyrrole nitrogens is 2. The molecule has 13 heavy (non-hydrogen) atoms. The number of hydrogen-bond donors (Lipinski definition) is 2. The molecule has 0 aromatic carbocycles. The molecule has 0 aliphatic carbocycles. The van der Waals surface area contributed by atoms with Gasteiger partial charge in [0.05, 0.1) is 0 Å². The van der Waals surface area contributed by atoms with Crippen LogP contribution >= 0.6 is 0 Å². The maximum atomic E-state index is 4.01. The maximum absolute atomic E-state index is 4.01. The predicted octanol–water partition coefficient (Wildman–Crippen LogP) is -8.04. The molecule has 0 radical (unpaired) electrons. The van der Waals surface area contributed by atoms with Crippen molar-refractivity contribution >= 4 is 7.06 Å². The molecule has 9 heteroatoms. The van der Waals surface area contributed by atoms with Crippen molar-refractivity contribution < 1.29 is 48.0 Å². The number of aromatic nitrogens is 6. The second-order valence-electron chi connectivity index (χ2n) is 1.77. The molecule has 0 amide bonds. The summed E-state index contributed by atoms with van der Waals surface area (Å²) in [7, 11) is 0. The van der Waals surface area contributed by atoms with Gasteiger partial charge in [-0.1, -0.05) is 0 Å². The Morgan fingerprint density at radius 1 is 0.923 bits per heavy atom. The Balaban J connectivity index is 0.000000720. The summed E-state index contributed by atoms with van der Waals surface area (Å²) in [6.07, 6.45) is 3.14. The van der Waals surface area contributed by atoms with Gasteiger partial charge in [0.1, 0.15) is 0 Å². The van der Waals surface area contributed by atoms with Gasteiger partial charge in [0.15, 0.2) is 0 Å². The number of rotatable bonds is 2. The van der Waals surface area contributed by atoms with Crippen LogP contribution in [0.2, 0.25) is 0 Å². The summed E-state index contributed by atoms with van der Waals surface area (Å²) >= 11 is -0.930. The molecule has 0 bridgehead atoms. The van der Waals surface area contributed by atoms with E-state index in [4.69, 9.17) is 0 Å². The summed E-state index contributed by atoms with van der Waals surface area (Å²) in [6, 6.07) is 0. The molecule has 2 aromatic rings. The fourth-order valence-electron chi connectivity index (χ4n) is 0.638. The van der Waals surface area contributed by atoms with Crippen LogP contribution in [0.5, 0.6) is 0 Å². The van der Waals surface area contributed by atoms with E-state index in [0.29, 0.717) is 0 Å². The van der Waals surface area contributed by atoms with Crippen LogP contribution in [-0.4, -0.2) is 30.4 Å². The third-order valence-electron chi connectivity index (χ3n) is 1.05. The molecule has 0 unspecified atom stereocenters. The van der Waals surface area contributed by atoms with E-state index in [2.05, 4.69) is 30.4 Å². The van der Waals surface area contributed by atoms with Gasteiger partial charge < -0.3 is 24.8 Å². The van der Waals surface area contributed by atoms with Crippen molar-refractivity contribution in [3.63, 3.8) is 0 Å². The van der Waals surface area contributed by atoms with E-state index in [1.807, 2.05) is 0 Å². The molecule has 2 rings (SSSR count). The third-order valence-corrected chi connectivity index (χ3v) is 3.34. The molecule has 0 saturated heterocycles. The van der Waals surface area contributed by atoms with Crippen molar-refractivity contribution in [2.45, 2.75) is 0 Å². The molecule has 68 valence electrons. The predicted molar refractivity (Wildman–Crippen MR) is 32.0 cm³/mol. The summed E-state index contributed by atoms with van der Waals surface area (Å²) in [6.45, 7) is 0. The zero-order valence-electron chi connectivity index (χ0n) is 6.20.